The van der Waals surface area contributed by atoms with Crippen molar-refractivity contribution in [2.75, 3.05) is 44.8 Å². The van der Waals surface area contributed by atoms with Crippen molar-refractivity contribution >= 4 is 111 Å². The summed E-state index contributed by atoms with van der Waals surface area (Å²) in [7, 11) is 2.90. The number of imidazole rings is 3. The topological polar surface area (TPSA) is 570 Å². The van der Waals surface area contributed by atoms with Crippen molar-refractivity contribution in [1.29, 1.82) is 5.41 Å². The molecule has 14 amide bonds. The molecule has 4 aromatic carbocycles. The smallest absolute Gasteiger partial charge is 0.245 e. The molecule has 7 aromatic rings. The van der Waals surface area contributed by atoms with Crippen molar-refractivity contribution in [2.24, 2.45) is 24.4 Å². The van der Waals surface area contributed by atoms with Gasteiger partial charge in [0.2, 0.25) is 82.7 Å². The Hall–Kier alpha value is -13.1. The first-order chi connectivity index (χ1) is 56.1. The van der Waals surface area contributed by atoms with Gasteiger partial charge in [0.25, 0.3) is 0 Å². The van der Waals surface area contributed by atoms with E-state index in [1.807, 2.05) is 24.3 Å². The highest BCUT2D eigenvalue weighted by Crippen LogP contribution is 2.22. The van der Waals surface area contributed by atoms with Crippen molar-refractivity contribution in [3.63, 3.8) is 0 Å². The second-order valence-electron chi connectivity index (χ2n) is 28.3. The Morgan fingerprint density at radius 1 is 0.573 bits per heavy atom. The van der Waals surface area contributed by atoms with Gasteiger partial charge in [-0.3, -0.25) is 72.5 Å². The molecule has 117 heavy (non-hydrogen) atoms. The lowest BCUT2D eigenvalue weighted by Crippen LogP contribution is -2.61. The van der Waals surface area contributed by atoms with E-state index in [2.05, 4.69) is 94.0 Å². The summed E-state index contributed by atoms with van der Waals surface area (Å²) in [6.45, 7) is 2.20. The maximum Gasteiger partial charge on any atom is 0.245 e. The van der Waals surface area contributed by atoms with Gasteiger partial charge in [0.15, 0.2) is 5.96 Å². The number of hydrogen-bond acceptors (Lipinski definition) is 20. The minimum absolute atomic E-state index is 0.00134. The molecular formula is C78H101N23O15S. The predicted molar refractivity (Wildman–Crippen MR) is 429 cm³/mol. The number of thioether (sulfide) groups is 1. The van der Waals surface area contributed by atoms with Crippen LogP contribution in [-0.2, 0) is 113 Å². The van der Waals surface area contributed by atoms with Crippen LogP contribution >= 0.6 is 11.8 Å². The Morgan fingerprint density at radius 3 is 1.70 bits per heavy atom. The fourth-order valence-electron chi connectivity index (χ4n) is 12.8. The molecule has 1 fully saturated rings. The minimum Gasteiger partial charge on any atom is -0.394 e. The van der Waals surface area contributed by atoms with Crippen LogP contribution in [0.25, 0.3) is 10.8 Å². The van der Waals surface area contributed by atoms with E-state index in [0.717, 1.165) is 22.0 Å². The van der Waals surface area contributed by atoms with E-state index in [-0.39, 0.29) is 81.5 Å². The number of fused-ring (bicyclic) bond motifs is 1. The third kappa shape index (κ3) is 27.6. The normalized spacial score (nSPS) is 22.3. The van der Waals surface area contributed by atoms with Gasteiger partial charge in [0, 0.05) is 89.2 Å². The van der Waals surface area contributed by atoms with Crippen molar-refractivity contribution in [1.82, 2.24) is 104 Å². The third-order valence-electron chi connectivity index (χ3n) is 19.2. The number of aliphatic hydroxyl groups excluding tert-OH is 1. The van der Waals surface area contributed by atoms with Crippen molar-refractivity contribution < 1.29 is 72.2 Å². The fraction of sp³-hybridized carbons (Fsp3) is 0.410. The number of H-pyrrole nitrogens is 2. The van der Waals surface area contributed by atoms with Gasteiger partial charge in [0.05, 0.1) is 55.8 Å². The number of aromatic amines is 2. The van der Waals surface area contributed by atoms with E-state index in [9.17, 15) is 53.1 Å². The Morgan fingerprint density at radius 2 is 1.10 bits per heavy atom. The number of rotatable bonds is 22. The van der Waals surface area contributed by atoms with Gasteiger partial charge in [-0.1, -0.05) is 124 Å². The maximum atomic E-state index is 15.2. The summed E-state index contributed by atoms with van der Waals surface area (Å²) < 4.78 is 1.56. The molecule has 1 aliphatic heterocycles. The number of carbonyl (C=O) groups excluding carboxylic acids is 14. The van der Waals surface area contributed by atoms with Crippen LogP contribution in [0.4, 0.5) is 0 Å². The standard InChI is InChI=1S/C78H101N23O15S/c1-6-53-69(108)95-59(32-51-35-84-43-100(51)4)72(111)98-61(68(107)86-36-63(79)103)39-117-40-65(105)90-55(27-45-17-9-7-10-18-45)73(112)99-66(44(2)3)76(115)97-56(29-48-23-15-22-47-21-13-14-24-52(47)48)70(109)94-57(30-49-33-82-41-88-49)67(106)87-37-64(104)91-60(38-102)74(113)93-54(25-16-26-85-78(80)81)77(116)101(5)62(28-46-19-11-8-12-20-46)75(114)96-58(71(110)92-53)31-50-34-83-42-89-50/h7-15,17-24,33-35,41-44,53-62,66,102H,6,16,25-32,36-40H2,1-5H3,(H2,79,103)(H,82,88)(H,83,89)(H,86,107)(H,87,106)(H,90,105)(H,91,104)(H,92,110)(H,93,113)(H,94,109)(H,95,108)(H,96,114)(H,97,115)(H,98,111)(H,99,112)(H4,80,81,85)/t53-,54-,55-,56-,57-,58-,59-,60-,61-,62-,66-/m0/s1. The number of nitrogens with two attached hydrogens (primary N) is 2. The van der Waals surface area contributed by atoms with E-state index in [1.165, 1.54) is 44.6 Å². The molecule has 0 saturated carbocycles. The summed E-state index contributed by atoms with van der Waals surface area (Å²) >= 11 is 0.826. The van der Waals surface area contributed by atoms with Gasteiger partial charge in [-0.2, -0.15) is 0 Å². The van der Waals surface area contributed by atoms with Crippen LogP contribution in [0.3, 0.4) is 0 Å². The second-order valence-corrected chi connectivity index (χ2v) is 29.3. The number of carbonyl (C=O) groups is 14. The lowest BCUT2D eigenvalue weighted by Gasteiger charge is -2.33. The van der Waals surface area contributed by atoms with E-state index >= 15 is 19.2 Å². The molecule has 0 radical (unpaired) electrons. The highest BCUT2D eigenvalue weighted by Gasteiger charge is 2.39. The number of likely N-dealkylation sites (N-methyl/N-ethyl adjacent to an activating group) is 1. The van der Waals surface area contributed by atoms with Crippen LogP contribution in [0.2, 0.25) is 0 Å². The second kappa shape index (κ2) is 44.6. The summed E-state index contributed by atoms with van der Waals surface area (Å²) in [4.78, 5) is 222. The van der Waals surface area contributed by atoms with Crippen molar-refractivity contribution in [2.45, 2.75) is 145 Å². The molecular weight excluding hydrogens is 1530 g/mol. The molecule has 8 rings (SSSR count). The summed E-state index contributed by atoms with van der Waals surface area (Å²) in [5.41, 5.74) is 13.6. The van der Waals surface area contributed by atoms with E-state index in [1.54, 1.807) is 111 Å². The summed E-state index contributed by atoms with van der Waals surface area (Å²) in [5.74, 6) is -15.0. The number of aryl methyl sites for hydroxylation is 1. The number of guanidine groups is 1. The van der Waals surface area contributed by atoms with Gasteiger partial charge >= 0.3 is 0 Å². The average molecular weight is 1630 g/mol. The number of aliphatic hydroxyl groups is 1. The predicted octanol–water partition coefficient (Wildman–Crippen LogP) is -3.76. The number of aromatic nitrogens is 6. The molecule has 38 nitrogen and oxygen atoms in total. The zero-order valence-corrected chi connectivity index (χ0v) is 66.1. The van der Waals surface area contributed by atoms with Crippen LogP contribution in [0.1, 0.15) is 73.8 Å². The Labute approximate surface area is 677 Å². The summed E-state index contributed by atoms with van der Waals surface area (Å²) in [6, 6.07) is 12.8. The number of amides is 14. The highest BCUT2D eigenvalue weighted by molar-refractivity contribution is 8.00. The molecule has 3 aromatic heterocycles. The largest absolute Gasteiger partial charge is 0.394 e. The van der Waals surface area contributed by atoms with Gasteiger partial charge in [0.1, 0.15) is 66.5 Å². The van der Waals surface area contributed by atoms with E-state index in [4.69, 9.17) is 16.9 Å². The Balaban J connectivity index is 1.17. The van der Waals surface area contributed by atoms with Gasteiger partial charge in [-0.15, -0.1) is 11.8 Å². The van der Waals surface area contributed by atoms with E-state index in [0.29, 0.717) is 27.8 Å². The summed E-state index contributed by atoms with van der Waals surface area (Å²) in [5, 5.41) is 54.1. The van der Waals surface area contributed by atoms with Crippen LogP contribution < -0.4 is 80.6 Å². The Bertz CT molecular complexity index is 4590. The zero-order valence-electron chi connectivity index (χ0n) is 65.3. The number of nitrogens with one attached hydrogen (secondary N) is 16. The van der Waals surface area contributed by atoms with Crippen molar-refractivity contribution in [3.05, 3.63) is 174 Å². The molecule has 21 N–H and O–H groups in total. The lowest BCUT2D eigenvalue weighted by molar-refractivity contribution is -0.143. The minimum atomic E-state index is -1.81. The molecule has 0 unspecified atom stereocenters. The van der Waals surface area contributed by atoms with Crippen molar-refractivity contribution in [3.8, 4) is 0 Å². The monoisotopic (exact) mass is 1630 g/mol. The van der Waals surface area contributed by atoms with Crippen LogP contribution in [0.5, 0.6) is 0 Å². The van der Waals surface area contributed by atoms with Crippen LogP contribution in [-0.4, -0.2) is 239 Å². The molecule has 0 spiro atoms. The van der Waals surface area contributed by atoms with Crippen LogP contribution in [0, 0.1) is 11.3 Å². The molecule has 4 heterocycles. The van der Waals surface area contributed by atoms with E-state index < -0.39 is 186 Å². The molecule has 0 aliphatic carbocycles. The average Bonchev–Trinajstić information content (AvgIpc) is 1.14. The van der Waals surface area contributed by atoms with Gasteiger partial charge in [-0.05, 0) is 52.6 Å². The summed E-state index contributed by atoms with van der Waals surface area (Å²) in [6.07, 6.45) is 6.73. The highest BCUT2D eigenvalue weighted by atomic mass is 32.2. The molecule has 1 aliphatic rings. The first-order valence-electron chi connectivity index (χ1n) is 37.9. The Kier molecular flexibility index (Phi) is 34.1. The molecule has 39 heteroatoms. The molecule has 624 valence electrons. The number of hydrogen-bond donors (Lipinski definition) is 19. The lowest BCUT2D eigenvalue weighted by atomic mass is 9.96. The van der Waals surface area contributed by atoms with Gasteiger partial charge < -0.3 is 105 Å². The zero-order chi connectivity index (χ0) is 84.7. The fourth-order valence-corrected chi connectivity index (χ4v) is 13.6. The molecule has 0 bridgehead atoms. The third-order valence-corrected chi connectivity index (χ3v) is 20.2. The number of benzene rings is 4. The van der Waals surface area contributed by atoms with Gasteiger partial charge in [-0.25, -0.2) is 15.0 Å². The molecule has 11 atom stereocenters. The molecule has 1 saturated heterocycles. The first-order valence-corrected chi connectivity index (χ1v) is 39.1. The maximum absolute atomic E-state index is 15.2. The van der Waals surface area contributed by atoms with Crippen LogP contribution in [0.15, 0.2) is 141 Å². The number of nitrogens with zero attached hydrogens (tertiary/aromatic N) is 5. The number of primary amides is 1. The first kappa shape index (κ1) is 89.5. The SMILES string of the molecule is CC[C@@H]1NC(=O)[C@H](Cc2c[nH]cn2)NC(=O)[C@H](Cc2ccccc2)N(C)C(=O)[C@H](CCCNC(=N)N)NC(=O)[C@H](CO)NC(=O)CNC(=O)[C@H](Cc2c[nH]cn2)NC(=O)[C@H](Cc2cccc3ccccc23)NC(=O)[C@H](C(C)C)NC(=O)[C@H](Cc2ccccc2)NC(=O)CSC[C@@H](C(=O)NCC(N)=O)NC(=O)[C@H](Cc2cncn2C)NC1=O. The quantitative estimate of drug-likeness (QED) is 0.0176.